The molecule has 0 spiro atoms. The molecule has 1 aromatic heterocycles. The van der Waals surface area contributed by atoms with Gasteiger partial charge in [0.1, 0.15) is 10.5 Å². The second kappa shape index (κ2) is 8.43. The number of sulfonamides is 1. The van der Waals surface area contributed by atoms with Crippen LogP contribution in [0.15, 0.2) is 66.7 Å². The number of benzene rings is 2. The van der Waals surface area contributed by atoms with Crippen LogP contribution in [-0.4, -0.2) is 37.5 Å². The highest BCUT2D eigenvalue weighted by Crippen LogP contribution is 2.33. The van der Waals surface area contributed by atoms with Crippen LogP contribution >= 0.6 is 0 Å². The molecule has 0 aliphatic carbocycles. The van der Waals surface area contributed by atoms with Gasteiger partial charge in [0.15, 0.2) is 0 Å². The van der Waals surface area contributed by atoms with Gasteiger partial charge >= 0.3 is 0 Å². The molecular weight excluding hydrogens is 404 g/mol. The number of para-hydroxylation sites is 1. The zero-order chi connectivity index (χ0) is 21.9. The molecule has 0 aliphatic heterocycles. The Bertz CT molecular complexity index is 1140. The van der Waals surface area contributed by atoms with Crippen molar-refractivity contribution in [2.75, 3.05) is 7.11 Å². The number of ketones is 1. The number of nitrogens with one attached hydrogen (secondary N) is 1. The molecule has 2 aromatic carbocycles. The molecule has 158 valence electrons. The third-order valence-electron chi connectivity index (χ3n) is 5.33. The molecule has 0 radical (unpaired) electrons. The summed E-state index contributed by atoms with van der Waals surface area (Å²) in [6, 6.07) is 18.4. The van der Waals surface area contributed by atoms with Gasteiger partial charge in [-0.25, -0.2) is 13.6 Å². The van der Waals surface area contributed by atoms with Gasteiger partial charge in [-0.15, -0.1) is 0 Å². The minimum atomic E-state index is -4.15. The second-order valence-corrected chi connectivity index (χ2v) is 9.10. The van der Waals surface area contributed by atoms with E-state index in [1.165, 1.54) is 14.0 Å². The lowest BCUT2D eigenvalue weighted by Crippen LogP contribution is -2.48. The highest BCUT2D eigenvalue weighted by atomic mass is 32.2. The lowest BCUT2D eigenvalue weighted by atomic mass is 9.91. The van der Waals surface area contributed by atoms with Crippen molar-refractivity contribution in [2.45, 2.75) is 24.2 Å². The quantitative estimate of drug-likeness (QED) is 0.476. The fourth-order valence-corrected chi connectivity index (χ4v) is 4.31. The number of H-pyrrole nitrogens is 1. The molecule has 8 heteroatoms. The molecule has 30 heavy (non-hydrogen) atoms. The minimum Gasteiger partial charge on any atom is -0.496 e. The van der Waals surface area contributed by atoms with Crippen LogP contribution in [0.4, 0.5) is 0 Å². The number of hydrogen-bond acceptors (Lipinski definition) is 5. The number of primary sulfonamides is 1. The minimum absolute atomic E-state index is 0.0406. The van der Waals surface area contributed by atoms with Crippen LogP contribution in [0.25, 0.3) is 0 Å². The van der Waals surface area contributed by atoms with Crippen LogP contribution < -0.4 is 9.88 Å². The van der Waals surface area contributed by atoms with Crippen molar-refractivity contribution in [1.82, 2.24) is 4.98 Å². The predicted molar refractivity (Wildman–Crippen MR) is 114 cm³/mol. The van der Waals surface area contributed by atoms with Crippen LogP contribution in [0.1, 0.15) is 34.2 Å². The van der Waals surface area contributed by atoms with E-state index in [-0.39, 0.29) is 12.2 Å². The molecule has 7 nitrogen and oxygen atoms in total. The maximum atomic E-state index is 12.8. The summed E-state index contributed by atoms with van der Waals surface area (Å²) in [4.78, 5) is 15.8. The number of aromatic amines is 1. The molecular formula is C22H24N2O5S. The molecule has 0 fully saturated rings. The van der Waals surface area contributed by atoms with Crippen molar-refractivity contribution in [2.24, 2.45) is 5.14 Å². The molecule has 2 atom stereocenters. The van der Waals surface area contributed by atoms with E-state index in [0.717, 1.165) is 0 Å². The number of methoxy groups -OCH3 is 1. The fourth-order valence-electron chi connectivity index (χ4n) is 3.39. The first kappa shape index (κ1) is 21.8. The highest BCUT2D eigenvalue weighted by Gasteiger charge is 2.45. The Balaban J connectivity index is 1.88. The number of aliphatic hydroxyl groups excluding tert-OH is 1. The van der Waals surface area contributed by atoms with Gasteiger partial charge in [0.25, 0.3) is 0 Å². The van der Waals surface area contributed by atoms with Crippen molar-refractivity contribution in [3.05, 3.63) is 89.2 Å². The topological polar surface area (TPSA) is 122 Å². The average molecular weight is 429 g/mol. The van der Waals surface area contributed by atoms with E-state index >= 15 is 0 Å². The third-order valence-corrected chi connectivity index (χ3v) is 7.02. The first-order chi connectivity index (χ1) is 14.2. The van der Waals surface area contributed by atoms with Crippen LogP contribution in [0.3, 0.4) is 0 Å². The maximum Gasteiger partial charge on any atom is 0.221 e. The van der Waals surface area contributed by atoms with E-state index in [1.54, 1.807) is 66.7 Å². The highest BCUT2D eigenvalue weighted by molar-refractivity contribution is 7.90. The van der Waals surface area contributed by atoms with Crippen molar-refractivity contribution >= 4 is 15.8 Å². The van der Waals surface area contributed by atoms with Crippen LogP contribution in [-0.2, 0) is 21.2 Å². The Labute approximate surface area is 175 Å². The zero-order valence-corrected chi connectivity index (χ0v) is 17.5. The number of hydrogen-bond donors (Lipinski definition) is 3. The number of nitrogens with two attached hydrogens (primary N) is 1. The molecule has 1 heterocycles. The first-order valence-corrected chi connectivity index (χ1v) is 10.8. The summed E-state index contributed by atoms with van der Waals surface area (Å²) in [5, 5.41) is 16.4. The number of carbonyl (C=O) groups is 1. The molecule has 0 amide bonds. The van der Waals surface area contributed by atoms with Crippen LogP contribution in [0.5, 0.6) is 5.75 Å². The lowest BCUT2D eigenvalue weighted by molar-refractivity contribution is 0.103. The van der Waals surface area contributed by atoms with Crippen molar-refractivity contribution < 1.29 is 23.1 Å². The number of rotatable bonds is 8. The predicted octanol–water partition coefficient (Wildman–Crippen LogP) is 2.36. The number of aromatic nitrogens is 1. The molecule has 0 saturated carbocycles. The summed E-state index contributed by atoms with van der Waals surface area (Å²) in [5.74, 6) is 0.176. The number of aliphatic hydroxyl groups is 1. The smallest absolute Gasteiger partial charge is 0.221 e. The normalized spacial score (nSPS) is 14.7. The van der Waals surface area contributed by atoms with E-state index in [1.807, 2.05) is 0 Å². The van der Waals surface area contributed by atoms with Gasteiger partial charge < -0.3 is 14.8 Å². The van der Waals surface area contributed by atoms with Gasteiger partial charge in [-0.3, -0.25) is 4.79 Å². The van der Waals surface area contributed by atoms with E-state index in [2.05, 4.69) is 4.98 Å². The molecule has 0 saturated heterocycles. The molecule has 3 aromatic rings. The van der Waals surface area contributed by atoms with Gasteiger partial charge in [0, 0.05) is 12.1 Å². The van der Waals surface area contributed by atoms with Crippen LogP contribution in [0, 0.1) is 0 Å². The SMILES string of the molecule is COc1ccccc1C(=O)c1ccc(CC(O)C(C)(c2ccccc2)S(N)(=O)=O)[nH]1. The van der Waals surface area contributed by atoms with Crippen molar-refractivity contribution in [3.63, 3.8) is 0 Å². The molecule has 0 aliphatic rings. The maximum absolute atomic E-state index is 12.8. The van der Waals surface area contributed by atoms with Gasteiger partial charge in [0.05, 0.1) is 24.5 Å². The largest absolute Gasteiger partial charge is 0.496 e. The third kappa shape index (κ3) is 4.02. The fraction of sp³-hybridized carbons (Fsp3) is 0.227. The van der Waals surface area contributed by atoms with E-state index < -0.39 is 20.9 Å². The Hall–Kier alpha value is -2.94. The van der Waals surface area contributed by atoms with Gasteiger partial charge in [0.2, 0.25) is 15.8 Å². The summed E-state index contributed by atoms with van der Waals surface area (Å²) < 4.78 is 28.3. The Morgan fingerprint density at radius 3 is 2.37 bits per heavy atom. The number of ether oxygens (including phenoxy) is 1. The molecule has 3 rings (SSSR count). The van der Waals surface area contributed by atoms with Crippen molar-refractivity contribution in [3.8, 4) is 5.75 Å². The van der Waals surface area contributed by atoms with E-state index in [4.69, 9.17) is 9.88 Å². The summed E-state index contributed by atoms with van der Waals surface area (Å²) in [6.07, 6.45) is -1.39. The second-order valence-electron chi connectivity index (χ2n) is 7.16. The summed E-state index contributed by atoms with van der Waals surface area (Å²) in [5.41, 5.74) is 1.59. The van der Waals surface area contributed by atoms with Gasteiger partial charge in [-0.2, -0.15) is 0 Å². The molecule has 2 unspecified atom stereocenters. The summed E-state index contributed by atoms with van der Waals surface area (Å²) in [7, 11) is -2.66. The van der Waals surface area contributed by atoms with Gasteiger partial charge in [-0.05, 0) is 36.8 Å². The standard InChI is InChI=1S/C22H24N2O5S/c1-22(30(23,27)28,15-8-4-3-5-9-15)20(25)14-16-12-13-18(24-16)21(26)17-10-6-7-11-19(17)29-2/h3-13,20,24-25H,14H2,1-2H3,(H2,23,27,28). The summed E-state index contributed by atoms with van der Waals surface area (Å²) >= 11 is 0. The van der Waals surface area contributed by atoms with E-state index in [9.17, 15) is 18.3 Å². The Kier molecular flexibility index (Phi) is 6.12. The molecule has 4 N–H and O–H groups in total. The average Bonchev–Trinajstić information content (AvgIpc) is 3.20. The van der Waals surface area contributed by atoms with E-state index in [0.29, 0.717) is 28.3 Å². The van der Waals surface area contributed by atoms with Crippen LogP contribution in [0.2, 0.25) is 0 Å². The monoisotopic (exact) mass is 428 g/mol. The number of carbonyl (C=O) groups excluding carboxylic acids is 1. The zero-order valence-electron chi connectivity index (χ0n) is 16.7. The lowest BCUT2D eigenvalue weighted by Gasteiger charge is -2.32. The summed E-state index contributed by atoms with van der Waals surface area (Å²) in [6.45, 7) is 1.40. The molecule has 0 bridgehead atoms. The van der Waals surface area contributed by atoms with Crippen molar-refractivity contribution in [1.29, 1.82) is 0 Å². The first-order valence-electron chi connectivity index (χ1n) is 9.30. The van der Waals surface area contributed by atoms with Gasteiger partial charge in [-0.1, -0.05) is 42.5 Å². The Morgan fingerprint density at radius 1 is 1.10 bits per heavy atom. The Morgan fingerprint density at radius 2 is 1.73 bits per heavy atom.